The number of rotatable bonds is 11. The first kappa shape index (κ1) is 29.2. The summed E-state index contributed by atoms with van der Waals surface area (Å²) < 4.78 is 13.3. The van der Waals surface area contributed by atoms with Crippen molar-refractivity contribution in [2.45, 2.75) is 76.7 Å². The third-order valence-electron chi connectivity index (χ3n) is 8.22. The van der Waals surface area contributed by atoms with Gasteiger partial charge in [-0.1, -0.05) is 79.6 Å². The molecule has 0 aromatic heterocycles. The minimum atomic E-state index is -0.507. The van der Waals surface area contributed by atoms with Gasteiger partial charge in [0.1, 0.15) is 0 Å². The third-order valence-corrected chi connectivity index (χ3v) is 8.22. The van der Waals surface area contributed by atoms with Gasteiger partial charge in [-0.05, 0) is 52.8 Å². The van der Waals surface area contributed by atoms with Crippen molar-refractivity contribution in [2.24, 2.45) is 0 Å². The topological polar surface area (TPSA) is 71.0 Å². The minimum absolute atomic E-state index is 0.00135. The summed E-state index contributed by atoms with van der Waals surface area (Å²) in [5.41, 5.74) is 6.17. The Balaban J connectivity index is 1.40. The second-order valence-corrected chi connectivity index (χ2v) is 11.3. The summed E-state index contributed by atoms with van der Waals surface area (Å²) >= 11 is 0. The van der Waals surface area contributed by atoms with Crippen LogP contribution >= 0.6 is 0 Å². The molecule has 2 aliphatic rings. The second kappa shape index (κ2) is 14.1. The molecule has 216 valence electrons. The Kier molecular flexibility index (Phi) is 10.0. The number of nitrogens with one attached hydrogen (secondary N) is 1. The Bertz CT molecular complexity index is 1300. The first-order valence-corrected chi connectivity index (χ1v) is 14.8. The quantitative estimate of drug-likeness (QED) is 0.266. The highest BCUT2D eigenvalue weighted by molar-refractivity contribution is 5.73. The first-order valence-electron chi connectivity index (χ1n) is 14.8. The van der Waals surface area contributed by atoms with Gasteiger partial charge in [0, 0.05) is 44.6 Å². The maximum absolute atomic E-state index is 11.4. The molecule has 3 atom stereocenters. The number of ether oxygens (including phenoxy) is 2. The monoisotopic (exact) mass is 554 g/mol. The van der Waals surface area contributed by atoms with E-state index in [1.165, 1.54) is 32.6 Å². The van der Waals surface area contributed by atoms with Gasteiger partial charge in [-0.3, -0.25) is 9.69 Å². The number of carbonyl (C=O) groups is 1. The number of hydrogen-bond acceptors (Lipinski definition) is 5. The molecule has 1 amide bonds. The van der Waals surface area contributed by atoms with Crippen molar-refractivity contribution < 1.29 is 19.4 Å². The van der Waals surface area contributed by atoms with E-state index < -0.39 is 6.29 Å². The van der Waals surface area contributed by atoms with Crippen LogP contribution in [0, 0.1) is 0 Å². The Labute approximate surface area is 244 Å². The van der Waals surface area contributed by atoms with E-state index in [2.05, 4.69) is 65.3 Å². The number of aliphatic hydroxyl groups is 1. The highest BCUT2D eigenvalue weighted by Crippen LogP contribution is 2.39. The summed E-state index contributed by atoms with van der Waals surface area (Å²) in [5, 5.41) is 12.4. The lowest BCUT2D eigenvalue weighted by Crippen LogP contribution is -2.43. The zero-order valence-electron chi connectivity index (χ0n) is 24.0. The molecule has 41 heavy (non-hydrogen) atoms. The molecular formula is C35H42N2O4. The Hall–Kier alpha value is -3.29. The van der Waals surface area contributed by atoms with Crippen LogP contribution in [0.2, 0.25) is 0 Å². The summed E-state index contributed by atoms with van der Waals surface area (Å²) in [6.45, 7) is 7.77. The lowest BCUT2D eigenvalue weighted by atomic mass is 9.98. The Morgan fingerprint density at radius 2 is 1.71 bits per heavy atom. The lowest BCUT2D eigenvalue weighted by Gasteiger charge is -2.39. The van der Waals surface area contributed by atoms with Gasteiger partial charge < -0.3 is 19.9 Å². The second-order valence-electron chi connectivity index (χ2n) is 11.3. The highest BCUT2D eigenvalue weighted by Gasteiger charge is 2.34. The fraction of sp³-hybridized carbons (Fsp3) is 0.400. The number of nitrogens with zero attached hydrogens (tertiary/aromatic N) is 1. The number of amides is 1. The van der Waals surface area contributed by atoms with Crippen molar-refractivity contribution in [3.05, 3.63) is 108 Å². The smallest absolute Gasteiger partial charge is 0.217 e. The molecule has 1 aliphatic carbocycles. The maximum atomic E-state index is 11.4. The Morgan fingerprint density at radius 3 is 2.41 bits per heavy atom. The first-order chi connectivity index (χ1) is 20.0. The van der Waals surface area contributed by atoms with Crippen LogP contribution < -0.4 is 5.32 Å². The highest BCUT2D eigenvalue weighted by atomic mass is 16.7. The van der Waals surface area contributed by atoms with Crippen molar-refractivity contribution in [3.63, 3.8) is 0 Å². The predicted octanol–water partition coefficient (Wildman–Crippen LogP) is 6.46. The molecule has 5 rings (SSSR count). The van der Waals surface area contributed by atoms with Gasteiger partial charge in [0.25, 0.3) is 0 Å². The molecule has 6 nitrogen and oxygen atoms in total. The fourth-order valence-electron chi connectivity index (χ4n) is 6.05. The summed E-state index contributed by atoms with van der Waals surface area (Å²) in [5.74, 6) is -0.0429. The van der Waals surface area contributed by atoms with Gasteiger partial charge in [0.15, 0.2) is 6.29 Å². The summed E-state index contributed by atoms with van der Waals surface area (Å²) in [6, 6.07) is 25.2. The molecule has 2 N–H and O–H groups in total. The van der Waals surface area contributed by atoms with Gasteiger partial charge in [0.05, 0.1) is 18.8 Å². The molecule has 0 bridgehead atoms. The molecule has 3 aromatic rings. The van der Waals surface area contributed by atoms with Crippen LogP contribution in [0.5, 0.6) is 0 Å². The van der Waals surface area contributed by atoms with Gasteiger partial charge in [-0.2, -0.15) is 0 Å². The molecule has 0 radical (unpaired) electrons. The average molecular weight is 555 g/mol. The SMILES string of the molecule is C=CCN(C[C@@H]1C[C@H](c2ccc(CO)cc2)O[C@H](c2cccc(-c3cccc(CNC(C)=O)c3)c2)O1)C1CCCC1. The molecule has 6 heteroatoms. The number of carbonyl (C=O) groups excluding carboxylic acids is 1. The molecular weight excluding hydrogens is 512 g/mol. The van der Waals surface area contributed by atoms with Crippen LogP contribution in [-0.4, -0.2) is 41.1 Å². The molecule has 0 unspecified atom stereocenters. The minimum Gasteiger partial charge on any atom is -0.392 e. The number of hydrogen-bond donors (Lipinski definition) is 2. The Morgan fingerprint density at radius 1 is 0.976 bits per heavy atom. The number of benzene rings is 3. The van der Waals surface area contributed by atoms with Crippen LogP contribution in [0.25, 0.3) is 11.1 Å². The van der Waals surface area contributed by atoms with Crippen LogP contribution in [0.3, 0.4) is 0 Å². The molecule has 1 heterocycles. The van der Waals surface area contributed by atoms with Crippen molar-refractivity contribution in [1.29, 1.82) is 0 Å². The van der Waals surface area contributed by atoms with Gasteiger partial charge in [-0.25, -0.2) is 0 Å². The normalized spacial score (nSPS) is 21.2. The van der Waals surface area contributed by atoms with Gasteiger partial charge in [0.2, 0.25) is 5.91 Å². The predicted molar refractivity (Wildman–Crippen MR) is 162 cm³/mol. The van der Waals surface area contributed by atoms with Crippen LogP contribution in [0.15, 0.2) is 85.5 Å². The van der Waals surface area contributed by atoms with E-state index in [1.807, 2.05) is 30.3 Å². The van der Waals surface area contributed by atoms with Crippen LogP contribution in [0.1, 0.15) is 73.7 Å². The average Bonchev–Trinajstić information content (AvgIpc) is 3.55. The fourth-order valence-corrected chi connectivity index (χ4v) is 6.05. The van der Waals surface area contributed by atoms with E-state index in [0.717, 1.165) is 52.9 Å². The van der Waals surface area contributed by atoms with Gasteiger partial charge in [-0.15, -0.1) is 6.58 Å². The molecule has 0 spiro atoms. The summed E-state index contributed by atoms with van der Waals surface area (Å²) in [7, 11) is 0. The third kappa shape index (κ3) is 7.72. The van der Waals surface area contributed by atoms with E-state index in [9.17, 15) is 9.90 Å². The zero-order chi connectivity index (χ0) is 28.6. The summed E-state index contributed by atoms with van der Waals surface area (Å²) in [4.78, 5) is 13.9. The summed E-state index contributed by atoms with van der Waals surface area (Å²) in [6.07, 6.45) is 7.18. The lowest BCUT2D eigenvalue weighted by molar-refractivity contribution is -0.253. The maximum Gasteiger partial charge on any atom is 0.217 e. The van der Waals surface area contributed by atoms with Crippen LogP contribution in [0.4, 0.5) is 0 Å². The molecule has 1 saturated heterocycles. The van der Waals surface area contributed by atoms with Crippen molar-refractivity contribution >= 4 is 5.91 Å². The molecule has 1 saturated carbocycles. The van der Waals surface area contributed by atoms with Crippen molar-refractivity contribution in [3.8, 4) is 11.1 Å². The van der Waals surface area contributed by atoms with Crippen molar-refractivity contribution in [1.82, 2.24) is 10.2 Å². The van der Waals surface area contributed by atoms with Crippen LogP contribution in [-0.2, 0) is 27.4 Å². The van der Waals surface area contributed by atoms with E-state index in [0.29, 0.717) is 12.6 Å². The van der Waals surface area contributed by atoms with E-state index in [4.69, 9.17) is 9.47 Å². The molecule has 3 aromatic carbocycles. The largest absolute Gasteiger partial charge is 0.392 e. The molecule has 2 fully saturated rings. The van der Waals surface area contributed by atoms with Gasteiger partial charge >= 0.3 is 0 Å². The zero-order valence-corrected chi connectivity index (χ0v) is 24.0. The standard InChI is InChI=1S/C35H42N2O4/c1-3-18-37(32-12-4-5-13-32)23-33-21-34(28-16-14-26(24-38)15-17-28)41-35(40-33)31-11-7-10-30(20-31)29-9-6-8-27(19-29)22-36-25(2)39/h3,6-11,14-17,19-20,32-35,38H,1,4-5,12-13,18,21-24H2,2H3,(H,36,39)/t33-,34+,35+/m0/s1. The van der Waals surface area contributed by atoms with E-state index in [-0.39, 0.29) is 24.7 Å². The van der Waals surface area contributed by atoms with Crippen molar-refractivity contribution in [2.75, 3.05) is 13.1 Å². The van der Waals surface area contributed by atoms with E-state index in [1.54, 1.807) is 0 Å². The van der Waals surface area contributed by atoms with E-state index >= 15 is 0 Å². The number of aliphatic hydroxyl groups excluding tert-OH is 1. The molecule has 1 aliphatic heterocycles.